The molecule has 0 aromatic heterocycles. The van der Waals surface area contributed by atoms with Gasteiger partial charge in [0.25, 0.3) is 5.91 Å². The quantitative estimate of drug-likeness (QED) is 0.757. The second-order valence-corrected chi connectivity index (χ2v) is 7.47. The summed E-state index contributed by atoms with van der Waals surface area (Å²) in [4.78, 5) is 39.4. The molecule has 0 saturated carbocycles. The molecule has 0 bridgehead atoms. The molecule has 1 aliphatic heterocycles. The highest BCUT2D eigenvalue weighted by Gasteiger charge is 2.45. The minimum Gasteiger partial charge on any atom is -0.354 e. The Balaban J connectivity index is 1.50. The molecule has 1 heterocycles. The Kier molecular flexibility index (Phi) is 6.65. The summed E-state index contributed by atoms with van der Waals surface area (Å²) in [5, 5.41) is 5.52. The number of carbonyl (C=O) groups is 3. The first kappa shape index (κ1) is 20.6. The molecule has 1 unspecified atom stereocenters. The van der Waals surface area contributed by atoms with Crippen LogP contribution in [-0.2, 0) is 16.0 Å². The van der Waals surface area contributed by atoms with Crippen LogP contribution in [0.2, 0.25) is 0 Å². The zero-order valence-electron chi connectivity index (χ0n) is 16.7. The normalized spacial score (nSPS) is 18.3. The number of hydrogen-bond donors (Lipinski definition) is 2. The molecule has 152 valence electrons. The van der Waals surface area contributed by atoms with Gasteiger partial charge in [-0.3, -0.25) is 14.4 Å². The maximum absolute atomic E-state index is 12.8. The van der Waals surface area contributed by atoms with Gasteiger partial charge in [0, 0.05) is 18.7 Å². The molecule has 6 nitrogen and oxygen atoms in total. The summed E-state index contributed by atoms with van der Waals surface area (Å²) in [5.74, 6) is -0.692. The maximum Gasteiger partial charge on any atom is 0.254 e. The maximum atomic E-state index is 12.8. The van der Waals surface area contributed by atoms with Gasteiger partial charge >= 0.3 is 0 Å². The zero-order valence-corrected chi connectivity index (χ0v) is 16.7. The van der Waals surface area contributed by atoms with Crippen LogP contribution in [0.15, 0.2) is 60.7 Å². The van der Waals surface area contributed by atoms with Crippen LogP contribution in [0.3, 0.4) is 0 Å². The summed E-state index contributed by atoms with van der Waals surface area (Å²) in [6.45, 7) is 2.70. The molecule has 6 heteroatoms. The van der Waals surface area contributed by atoms with Gasteiger partial charge in [-0.2, -0.15) is 0 Å². The summed E-state index contributed by atoms with van der Waals surface area (Å²) in [6.07, 6.45) is 2.07. The number of likely N-dealkylation sites (tertiary alicyclic amines) is 1. The predicted octanol–water partition coefficient (Wildman–Crippen LogP) is 2.16. The van der Waals surface area contributed by atoms with Gasteiger partial charge in [0.05, 0.1) is 6.54 Å². The van der Waals surface area contributed by atoms with Gasteiger partial charge in [-0.05, 0) is 43.9 Å². The van der Waals surface area contributed by atoms with Crippen LogP contribution in [0, 0.1) is 0 Å². The molecule has 2 aromatic rings. The van der Waals surface area contributed by atoms with Gasteiger partial charge in [-0.1, -0.05) is 48.5 Å². The van der Waals surface area contributed by atoms with E-state index in [0.717, 1.165) is 18.4 Å². The van der Waals surface area contributed by atoms with Crippen molar-refractivity contribution in [1.82, 2.24) is 15.5 Å². The molecule has 0 radical (unpaired) electrons. The van der Waals surface area contributed by atoms with E-state index in [1.807, 2.05) is 36.4 Å². The summed E-state index contributed by atoms with van der Waals surface area (Å²) in [6, 6.07) is 18.8. The number of hydrogen-bond acceptors (Lipinski definition) is 3. The van der Waals surface area contributed by atoms with Crippen molar-refractivity contribution < 1.29 is 14.4 Å². The van der Waals surface area contributed by atoms with Crippen molar-refractivity contribution >= 4 is 17.7 Å². The summed E-state index contributed by atoms with van der Waals surface area (Å²) < 4.78 is 0. The van der Waals surface area contributed by atoms with E-state index in [4.69, 9.17) is 0 Å². The van der Waals surface area contributed by atoms with Crippen LogP contribution in [-0.4, -0.2) is 47.8 Å². The van der Waals surface area contributed by atoms with E-state index < -0.39 is 5.54 Å². The number of nitrogens with one attached hydrogen (secondary N) is 2. The highest BCUT2D eigenvalue weighted by molar-refractivity contribution is 6.00. The van der Waals surface area contributed by atoms with Gasteiger partial charge in [-0.25, -0.2) is 0 Å². The van der Waals surface area contributed by atoms with Crippen molar-refractivity contribution in [3.05, 3.63) is 71.8 Å². The molecule has 2 aromatic carbocycles. The number of carbonyl (C=O) groups excluding carboxylic acids is 3. The third-order valence-corrected chi connectivity index (χ3v) is 5.38. The standard InChI is InChI=1S/C23H27N3O3/c1-23(14-8-16-26(23)21(28)19-11-6-3-7-12-19)22(29)25-17-20(27)24-15-13-18-9-4-2-5-10-18/h2-7,9-12H,8,13-17H2,1H3,(H,24,27)(H,25,29). The second-order valence-electron chi connectivity index (χ2n) is 7.47. The molecule has 1 aliphatic rings. The minimum absolute atomic E-state index is 0.101. The van der Waals surface area contributed by atoms with Crippen LogP contribution in [0.4, 0.5) is 0 Å². The van der Waals surface area contributed by atoms with Crippen LogP contribution >= 0.6 is 0 Å². The van der Waals surface area contributed by atoms with Crippen molar-refractivity contribution in [2.45, 2.75) is 31.7 Å². The lowest BCUT2D eigenvalue weighted by atomic mass is 9.97. The fourth-order valence-corrected chi connectivity index (χ4v) is 3.67. The Morgan fingerprint density at radius 1 is 0.966 bits per heavy atom. The van der Waals surface area contributed by atoms with E-state index in [-0.39, 0.29) is 24.3 Å². The van der Waals surface area contributed by atoms with E-state index in [1.54, 1.807) is 36.1 Å². The molecule has 1 atom stereocenters. The van der Waals surface area contributed by atoms with E-state index in [1.165, 1.54) is 0 Å². The second kappa shape index (κ2) is 9.37. The fraction of sp³-hybridized carbons (Fsp3) is 0.348. The summed E-state index contributed by atoms with van der Waals surface area (Å²) in [5.41, 5.74) is 0.759. The Morgan fingerprint density at radius 2 is 1.62 bits per heavy atom. The number of nitrogens with zero attached hydrogens (tertiary/aromatic N) is 1. The van der Waals surface area contributed by atoms with E-state index in [0.29, 0.717) is 25.1 Å². The Morgan fingerprint density at radius 3 is 2.31 bits per heavy atom. The van der Waals surface area contributed by atoms with Crippen molar-refractivity contribution in [2.24, 2.45) is 0 Å². The van der Waals surface area contributed by atoms with Crippen LogP contribution < -0.4 is 10.6 Å². The van der Waals surface area contributed by atoms with E-state index in [2.05, 4.69) is 10.6 Å². The van der Waals surface area contributed by atoms with Gasteiger partial charge in [-0.15, -0.1) is 0 Å². The molecule has 3 rings (SSSR count). The van der Waals surface area contributed by atoms with Gasteiger partial charge in [0.15, 0.2) is 0 Å². The fourth-order valence-electron chi connectivity index (χ4n) is 3.67. The van der Waals surface area contributed by atoms with Gasteiger partial charge < -0.3 is 15.5 Å². The minimum atomic E-state index is -0.947. The lowest BCUT2D eigenvalue weighted by Crippen LogP contribution is -2.56. The summed E-state index contributed by atoms with van der Waals surface area (Å²) in [7, 11) is 0. The molecule has 0 spiro atoms. The number of amides is 3. The highest BCUT2D eigenvalue weighted by Crippen LogP contribution is 2.30. The lowest BCUT2D eigenvalue weighted by molar-refractivity contribution is -0.132. The van der Waals surface area contributed by atoms with E-state index >= 15 is 0 Å². The molecule has 0 aliphatic carbocycles. The monoisotopic (exact) mass is 393 g/mol. The van der Waals surface area contributed by atoms with Gasteiger partial charge in [0.2, 0.25) is 11.8 Å². The largest absolute Gasteiger partial charge is 0.354 e. The SMILES string of the molecule is CC1(C(=O)NCC(=O)NCCc2ccccc2)CCCN1C(=O)c1ccccc1. The number of rotatable bonds is 7. The summed E-state index contributed by atoms with van der Waals surface area (Å²) >= 11 is 0. The lowest BCUT2D eigenvalue weighted by Gasteiger charge is -2.34. The molecule has 29 heavy (non-hydrogen) atoms. The Labute approximate surface area is 171 Å². The molecule has 2 N–H and O–H groups in total. The van der Waals surface area contributed by atoms with Gasteiger partial charge in [0.1, 0.15) is 5.54 Å². The average molecular weight is 393 g/mol. The molecule has 1 saturated heterocycles. The third-order valence-electron chi connectivity index (χ3n) is 5.38. The van der Waals surface area contributed by atoms with Crippen molar-refractivity contribution in [2.75, 3.05) is 19.6 Å². The highest BCUT2D eigenvalue weighted by atomic mass is 16.2. The van der Waals surface area contributed by atoms with Crippen LogP contribution in [0.1, 0.15) is 35.7 Å². The number of benzene rings is 2. The first-order valence-corrected chi connectivity index (χ1v) is 9.96. The van der Waals surface area contributed by atoms with E-state index in [9.17, 15) is 14.4 Å². The predicted molar refractivity (Wildman–Crippen MR) is 111 cm³/mol. The average Bonchev–Trinajstić information content (AvgIpc) is 3.15. The Bertz CT molecular complexity index is 854. The van der Waals surface area contributed by atoms with Crippen molar-refractivity contribution in [1.29, 1.82) is 0 Å². The van der Waals surface area contributed by atoms with Crippen molar-refractivity contribution in [3.8, 4) is 0 Å². The molecular weight excluding hydrogens is 366 g/mol. The third kappa shape index (κ3) is 5.02. The van der Waals surface area contributed by atoms with Crippen molar-refractivity contribution in [3.63, 3.8) is 0 Å². The Hall–Kier alpha value is -3.15. The van der Waals surface area contributed by atoms with Crippen LogP contribution in [0.5, 0.6) is 0 Å². The molecule has 1 fully saturated rings. The first-order chi connectivity index (χ1) is 14.0. The smallest absolute Gasteiger partial charge is 0.254 e. The zero-order chi connectivity index (χ0) is 20.7. The van der Waals surface area contributed by atoms with Crippen LogP contribution in [0.25, 0.3) is 0 Å². The molecule has 3 amide bonds. The topological polar surface area (TPSA) is 78.5 Å². The molecular formula is C23H27N3O3. The first-order valence-electron chi connectivity index (χ1n) is 9.96.